The second-order valence-corrected chi connectivity index (χ2v) is 17.6. The van der Waals surface area contributed by atoms with Crippen molar-refractivity contribution in [3.63, 3.8) is 0 Å². The number of imide groups is 1. The van der Waals surface area contributed by atoms with Gasteiger partial charge in [-0.25, -0.2) is 18.3 Å². The number of carbonyl (C=O) groups is 3. The molecule has 0 spiro atoms. The van der Waals surface area contributed by atoms with Gasteiger partial charge in [0.1, 0.15) is 18.0 Å². The molecule has 3 amide bonds. The Kier molecular flexibility index (Phi) is 11.4. The van der Waals surface area contributed by atoms with Crippen molar-refractivity contribution in [3.8, 4) is 11.8 Å². The predicted octanol–water partition coefficient (Wildman–Crippen LogP) is 5.15. The molecule has 330 valence electrons. The quantitative estimate of drug-likeness (QED) is 0.141. The topological polar surface area (TPSA) is 166 Å². The van der Waals surface area contributed by atoms with E-state index < -0.39 is 23.9 Å². The summed E-state index contributed by atoms with van der Waals surface area (Å²) in [6.07, 6.45) is 10.3. The van der Waals surface area contributed by atoms with Crippen LogP contribution in [0.2, 0.25) is 0 Å². The Bertz CT molecular complexity index is 2590. The number of hydrogen-bond acceptors (Lipinski definition) is 11. The van der Waals surface area contributed by atoms with E-state index in [0.717, 1.165) is 99.8 Å². The highest BCUT2D eigenvalue weighted by Crippen LogP contribution is 2.37. The number of para-hydroxylation sites is 1. The van der Waals surface area contributed by atoms with Gasteiger partial charge < -0.3 is 24.6 Å². The largest absolute Gasteiger partial charge is 0.374 e. The summed E-state index contributed by atoms with van der Waals surface area (Å²) in [4.78, 5) is 47.3. The monoisotopic (exact) mass is 863 g/mol. The number of piperidine rings is 3. The molecular formula is C45H51F2N11O5. The van der Waals surface area contributed by atoms with Gasteiger partial charge in [-0.15, -0.1) is 0 Å². The van der Waals surface area contributed by atoms with E-state index in [-0.39, 0.29) is 47.4 Å². The zero-order valence-corrected chi connectivity index (χ0v) is 35.2. The Morgan fingerprint density at radius 1 is 1.03 bits per heavy atom. The van der Waals surface area contributed by atoms with Crippen molar-refractivity contribution in [3.05, 3.63) is 65.4 Å². The number of morpholine rings is 1. The van der Waals surface area contributed by atoms with E-state index in [0.29, 0.717) is 43.3 Å². The van der Waals surface area contributed by atoms with Crippen LogP contribution in [0.3, 0.4) is 0 Å². The second-order valence-electron chi connectivity index (χ2n) is 17.6. The Balaban J connectivity index is 0.696. The number of anilines is 2. The number of nitrogens with one attached hydrogen (secondary N) is 2. The molecule has 5 saturated heterocycles. The van der Waals surface area contributed by atoms with E-state index in [1.165, 1.54) is 10.7 Å². The van der Waals surface area contributed by atoms with E-state index in [9.17, 15) is 23.2 Å². The van der Waals surface area contributed by atoms with Crippen LogP contribution in [-0.2, 0) is 26.1 Å². The van der Waals surface area contributed by atoms with Crippen LogP contribution in [0.25, 0.3) is 16.6 Å². The van der Waals surface area contributed by atoms with E-state index in [4.69, 9.17) is 14.5 Å². The van der Waals surface area contributed by atoms with Crippen molar-refractivity contribution in [2.45, 2.75) is 101 Å². The molecular weight excluding hydrogens is 813 g/mol. The van der Waals surface area contributed by atoms with Gasteiger partial charge in [0.05, 0.1) is 65.5 Å². The first-order valence-electron chi connectivity index (χ1n) is 22.2. The number of benzene rings is 1. The highest BCUT2D eigenvalue weighted by Gasteiger charge is 2.36. The van der Waals surface area contributed by atoms with Crippen LogP contribution in [0.1, 0.15) is 110 Å². The summed E-state index contributed by atoms with van der Waals surface area (Å²) in [5, 5.41) is 19.3. The van der Waals surface area contributed by atoms with E-state index in [1.807, 2.05) is 31.3 Å². The average Bonchev–Trinajstić information content (AvgIpc) is 4.02. The van der Waals surface area contributed by atoms with Crippen LogP contribution in [0.15, 0.2) is 42.9 Å². The molecule has 3 atom stereocenters. The molecule has 1 aromatic carbocycles. The summed E-state index contributed by atoms with van der Waals surface area (Å²) in [7, 11) is 1.84. The van der Waals surface area contributed by atoms with Gasteiger partial charge in [0.15, 0.2) is 11.3 Å². The van der Waals surface area contributed by atoms with Crippen molar-refractivity contribution in [1.82, 2.24) is 44.4 Å². The number of rotatable bonds is 10. The molecule has 16 nitrogen and oxygen atoms in total. The molecule has 5 aromatic rings. The molecule has 1 saturated carbocycles. The smallest absolute Gasteiger partial charge is 0.284 e. The van der Waals surface area contributed by atoms with Gasteiger partial charge in [-0.05, 0) is 75.8 Å². The molecule has 4 aromatic heterocycles. The first-order chi connectivity index (χ1) is 30.6. The number of aryl methyl sites for hydroxylation is 1. The summed E-state index contributed by atoms with van der Waals surface area (Å²) in [6.45, 7) is 4.56. The van der Waals surface area contributed by atoms with Crippen LogP contribution in [-0.4, -0.2) is 114 Å². The van der Waals surface area contributed by atoms with Crippen LogP contribution < -0.4 is 15.5 Å². The lowest BCUT2D eigenvalue weighted by Crippen LogP contribution is -2.54. The SMILES string of the molecule is Cn1nc(C2CCC(=O)NC2=O)c2cccc(C#CCOC3CCN(CC4CCC(n5cc(NC(=O)c6cnn7ccc(N8C[C@H]9CC[C@@H]8CO9)nc67)c(C(F)F)n5)CC4)CC3)c21. The molecule has 63 heavy (non-hydrogen) atoms. The lowest BCUT2D eigenvalue weighted by molar-refractivity contribution is -0.134. The van der Waals surface area contributed by atoms with Gasteiger partial charge in [0.2, 0.25) is 11.8 Å². The predicted molar refractivity (Wildman–Crippen MR) is 227 cm³/mol. The lowest BCUT2D eigenvalue weighted by Gasteiger charge is -2.45. The number of likely N-dealkylation sites (tertiary alicyclic amines) is 1. The van der Waals surface area contributed by atoms with Gasteiger partial charge in [-0.3, -0.25) is 29.1 Å². The summed E-state index contributed by atoms with van der Waals surface area (Å²) < 4.78 is 45.6. The molecule has 2 N–H and O–H groups in total. The number of aromatic nitrogens is 7. The summed E-state index contributed by atoms with van der Waals surface area (Å²) in [6, 6.07) is 7.87. The minimum absolute atomic E-state index is 0.000544. The van der Waals surface area contributed by atoms with Crippen molar-refractivity contribution >= 4 is 45.8 Å². The standard InChI is InChI=1S/C45H51F2N11O5/c1-54-41-28(4-2-6-33(41)39(52-54)34-13-14-38(59)51-44(34)60)5-3-21-62-31-15-18-55(19-16-31)23-27-7-9-29(10-8-27)58-25-36(40(53-58)42(46)47)49-45(61)35-22-48-57-20-17-37(50-43(35)57)56-24-32-12-11-30(56)26-63-32/h2,4,6,17,20,22,25,27,29-32,34,42H,7-16,18-19,21,23-24,26H2,1H3,(H,49,61)(H,51,59,60)/t27?,29?,30-,32-,34?/m1/s1. The first kappa shape index (κ1) is 41.3. The molecule has 5 aliphatic heterocycles. The molecule has 2 bridgehead atoms. The normalized spacial score (nSPS) is 24.6. The van der Waals surface area contributed by atoms with Gasteiger partial charge in [0, 0.05) is 57.4 Å². The molecule has 9 heterocycles. The van der Waals surface area contributed by atoms with Crippen LogP contribution in [0.5, 0.6) is 0 Å². The number of halogens is 2. The molecule has 6 aliphatic rings. The minimum atomic E-state index is -2.86. The Labute approximate surface area is 362 Å². The number of fused-ring (bicyclic) bond motifs is 5. The molecule has 1 aliphatic carbocycles. The summed E-state index contributed by atoms with van der Waals surface area (Å²) in [5.74, 6) is 6.08. The number of ether oxygens (including phenoxy) is 2. The molecule has 0 radical (unpaired) electrons. The van der Waals surface area contributed by atoms with E-state index >= 15 is 0 Å². The maximum atomic E-state index is 14.3. The Morgan fingerprint density at radius 3 is 2.60 bits per heavy atom. The van der Waals surface area contributed by atoms with E-state index in [2.05, 4.69) is 47.6 Å². The zero-order valence-electron chi connectivity index (χ0n) is 35.2. The van der Waals surface area contributed by atoms with Crippen LogP contribution in [0.4, 0.5) is 20.3 Å². The third kappa shape index (κ3) is 8.41. The van der Waals surface area contributed by atoms with Crippen molar-refractivity contribution in [2.24, 2.45) is 13.0 Å². The Hall–Kier alpha value is -5.77. The lowest BCUT2D eigenvalue weighted by atomic mass is 9.85. The molecule has 18 heteroatoms. The van der Waals surface area contributed by atoms with Gasteiger partial charge in [-0.2, -0.15) is 15.3 Å². The second kappa shape index (κ2) is 17.4. The van der Waals surface area contributed by atoms with Crippen LogP contribution in [0, 0.1) is 17.8 Å². The fourth-order valence-corrected chi connectivity index (χ4v) is 10.2. The number of alkyl halides is 2. The first-order valence-corrected chi connectivity index (χ1v) is 22.2. The third-order valence-corrected chi connectivity index (χ3v) is 13.6. The van der Waals surface area contributed by atoms with Crippen LogP contribution >= 0.6 is 0 Å². The minimum Gasteiger partial charge on any atom is -0.374 e. The maximum Gasteiger partial charge on any atom is 0.284 e. The van der Waals surface area contributed by atoms with Crippen molar-refractivity contribution in [1.29, 1.82) is 0 Å². The van der Waals surface area contributed by atoms with Crippen molar-refractivity contribution in [2.75, 3.05) is 49.6 Å². The molecule has 6 fully saturated rings. The fourth-order valence-electron chi connectivity index (χ4n) is 10.2. The Morgan fingerprint density at radius 2 is 1.86 bits per heavy atom. The zero-order chi connectivity index (χ0) is 43.2. The number of hydrogen-bond donors (Lipinski definition) is 2. The van der Waals surface area contributed by atoms with E-state index in [1.54, 1.807) is 21.8 Å². The summed E-state index contributed by atoms with van der Waals surface area (Å²) >= 11 is 0. The van der Waals surface area contributed by atoms with Gasteiger partial charge in [-0.1, -0.05) is 24.0 Å². The average molecular weight is 864 g/mol. The van der Waals surface area contributed by atoms with Gasteiger partial charge >= 0.3 is 0 Å². The van der Waals surface area contributed by atoms with Crippen molar-refractivity contribution < 1.29 is 32.6 Å². The number of nitrogens with zero attached hydrogens (tertiary/aromatic N) is 9. The number of amides is 3. The number of carbonyl (C=O) groups excluding carboxylic acids is 3. The highest BCUT2D eigenvalue weighted by atomic mass is 19.3. The highest BCUT2D eigenvalue weighted by molar-refractivity contribution is 6.08. The summed E-state index contributed by atoms with van der Waals surface area (Å²) in [5.41, 5.74) is 2.45. The van der Waals surface area contributed by atoms with Gasteiger partial charge in [0.25, 0.3) is 12.3 Å². The third-order valence-electron chi connectivity index (χ3n) is 13.6. The fraction of sp³-hybridized carbons (Fsp3) is 0.533. The molecule has 11 rings (SSSR count). The maximum absolute atomic E-state index is 14.3. The molecule has 1 unspecified atom stereocenters.